The van der Waals surface area contributed by atoms with Crippen LogP contribution in [0.2, 0.25) is 0 Å². The third-order valence-electron chi connectivity index (χ3n) is 5.00. The molecule has 172 valence electrons. The lowest BCUT2D eigenvalue weighted by Gasteiger charge is -2.16. The molecule has 0 fully saturated rings. The highest BCUT2D eigenvalue weighted by molar-refractivity contribution is 9.10. The van der Waals surface area contributed by atoms with Crippen LogP contribution in [0, 0.1) is 0 Å². The average Bonchev–Trinajstić information content (AvgIpc) is 2.85. The van der Waals surface area contributed by atoms with Gasteiger partial charge in [0.05, 0.1) is 28.7 Å². The number of benzene rings is 3. The molecule has 0 saturated heterocycles. The molecule has 4 aromatic rings. The van der Waals surface area contributed by atoms with Crippen LogP contribution in [-0.2, 0) is 4.79 Å². The molecule has 3 aromatic carbocycles. The molecule has 0 radical (unpaired) electrons. The first-order chi connectivity index (χ1) is 16.4. The molecule has 0 spiro atoms. The van der Waals surface area contributed by atoms with Crippen molar-refractivity contribution in [2.45, 2.75) is 13.0 Å². The van der Waals surface area contributed by atoms with Crippen LogP contribution >= 0.6 is 15.9 Å². The summed E-state index contributed by atoms with van der Waals surface area (Å²) in [5.74, 6) is -0.127. The predicted octanol–water partition coefficient (Wildman–Crippen LogP) is 4.57. The Morgan fingerprint density at radius 3 is 2.56 bits per heavy atom. The fourth-order valence-corrected chi connectivity index (χ4v) is 3.84. The average molecular weight is 522 g/mol. The molecular formula is C25H20BrN3O5. The molecule has 1 atom stereocenters. The van der Waals surface area contributed by atoms with Crippen molar-refractivity contribution in [3.05, 3.63) is 87.1 Å². The molecule has 34 heavy (non-hydrogen) atoms. The highest BCUT2D eigenvalue weighted by atomic mass is 79.9. The van der Waals surface area contributed by atoms with Gasteiger partial charge >= 0.3 is 5.97 Å². The maximum atomic E-state index is 13.3. The summed E-state index contributed by atoms with van der Waals surface area (Å²) in [5, 5.41) is 14.0. The fraction of sp³-hybridized carbons (Fsp3) is 0.120. The zero-order valence-electron chi connectivity index (χ0n) is 18.3. The van der Waals surface area contributed by atoms with Crippen LogP contribution in [0.4, 0.5) is 0 Å². The van der Waals surface area contributed by atoms with E-state index in [0.29, 0.717) is 32.5 Å². The fourth-order valence-electron chi connectivity index (χ4n) is 3.29. The number of carboxylic acids is 1. The van der Waals surface area contributed by atoms with Crippen molar-refractivity contribution in [3.8, 4) is 22.9 Å². The van der Waals surface area contributed by atoms with Gasteiger partial charge in [0.1, 0.15) is 0 Å². The number of methoxy groups -OCH3 is 1. The molecule has 0 aliphatic carbocycles. The molecule has 1 heterocycles. The summed E-state index contributed by atoms with van der Waals surface area (Å²) in [6.45, 7) is 1.42. The third kappa shape index (κ3) is 4.69. The Bertz CT molecular complexity index is 1450. The summed E-state index contributed by atoms with van der Waals surface area (Å²) in [7, 11) is 1.45. The lowest BCUT2D eigenvalue weighted by atomic mass is 10.2. The van der Waals surface area contributed by atoms with Crippen molar-refractivity contribution in [2.24, 2.45) is 5.10 Å². The Morgan fingerprint density at radius 1 is 1.15 bits per heavy atom. The Kier molecular flexibility index (Phi) is 6.74. The van der Waals surface area contributed by atoms with Gasteiger partial charge in [0.25, 0.3) is 5.56 Å². The van der Waals surface area contributed by atoms with E-state index >= 15 is 0 Å². The summed E-state index contributed by atoms with van der Waals surface area (Å²) in [4.78, 5) is 29.1. The molecule has 9 heteroatoms. The minimum absolute atomic E-state index is 0.254. The molecule has 4 rings (SSSR count). The topological polar surface area (TPSA) is 103 Å². The van der Waals surface area contributed by atoms with Crippen molar-refractivity contribution >= 4 is 39.0 Å². The van der Waals surface area contributed by atoms with Crippen LogP contribution < -0.4 is 15.0 Å². The SMILES string of the molecule is COc1cc(C=Nn2c(-c3ccccc3)nc3ccccc3c2=O)cc(Br)c1O[C@H](C)C(=O)O. The highest BCUT2D eigenvalue weighted by Crippen LogP contribution is 2.37. The molecule has 8 nitrogen and oxygen atoms in total. The molecule has 1 aromatic heterocycles. The first-order valence-electron chi connectivity index (χ1n) is 10.3. The first-order valence-corrected chi connectivity index (χ1v) is 11.1. The molecule has 0 bridgehead atoms. The van der Waals surface area contributed by atoms with Crippen molar-refractivity contribution < 1.29 is 19.4 Å². The van der Waals surface area contributed by atoms with E-state index in [1.54, 1.807) is 30.3 Å². The summed E-state index contributed by atoms with van der Waals surface area (Å²) in [6.07, 6.45) is 0.433. The van der Waals surface area contributed by atoms with Crippen molar-refractivity contribution in [3.63, 3.8) is 0 Å². The third-order valence-corrected chi connectivity index (χ3v) is 5.59. The number of halogens is 1. The van der Waals surface area contributed by atoms with Crippen molar-refractivity contribution in [1.82, 2.24) is 9.66 Å². The van der Waals surface area contributed by atoms with E-state index in [9.17, 15) is 9.59 Å². The van der Waals surface area contributed by atoms with E-state index in [1.807, 2.05) is 36.4 Å². The van der Waals surface area contributed by atoms with Gasteiger partial charge in [-0.05, 0) is 52.7 Å². The van der Waals surface area contributed by atoms with Crippen molar-refractivity contribution in [2.75, 3.05) is 7.11 Å². The number of aromatic nitrogens is 2. The van der Waals surface area contributed by atoms with Crippen LogP contribution in [-0.4, -0.2) is 40.2 Å². The number of rotatable bonds is 7. The number of para-hydroxylation sites is 1. The molecule has 0 unspecified atom stereocenters. The second kappa shape index (κ2) is 9.88. The van der Waals surface area contributed by atoms with E-state index in [4.69, 9.17) is 14.6 Å². The molecule has 0 aliphatic rings. The lowest BCUT2D eigenvalue weighted by molar-refractivity contribution is -0.144. The van der Waals surface area contributed by atoms with E-state index in [-0.39, 0.29) is 11.3 Å². The van der Waals surface area contributed by atoms with Crippen LogP contribution in [0.15, 0.2) is 81.1 Å². The number of nitrogens with zero attached hydrogens (tertiary/aromatic N) is 3. The minimum Gasteiger partial charge on any atom is -0.493 e. The van der Waals surface area contributed by atoms with Crippen LogP contribution in [0.3, 0.4) is 0 Å². The summed E-state index contributed by atoms with van der Waals surface area (Å²) >= 11 is 3.40. The Hall–Kier alpha value is -3.98. The minimum atomic E-state index is -1.10. The molecule has 1 N–H and O–H groups in total. The monoisotopic (exact) mass is 521 g/mol. The van der Waals surface area contributed by atoms with Crippen LogP contribution in [0.1, 0.15) is 12.5 Å². The second-order valence-corrected chi connectivity index (χ2v) is 8.17. The zero-order valence-corrected chi connectivity index (χ0v) is 19.9. The summed E-state index contributed by atoms with van der Waals surface area (Å²) < 4.78 is 12.6. The number of ether oxygens (including phenoxy) is 2. The molecule has 0 aliphatic heterocycles. The Labute approximate surface area is 203 Å². The number of hydrogen-bond acceptors (Lipinski definition) is 6. The van der Waals surface area contributed by atoms with Gasteiger partial charge in [-0.2, -0.15) is 9.78 Å². The number of carbonyl (C=O) groups is 1. The smallest absolute Gasteiger partial charge is 0.344 e. The van der Waals surface area contributed by atoms with E-state index in [2.05, 4.69) is 26.0 Å². The normalized spacial score (nSPS) is 12.1. The van der Waals surface area contributed by atoms with Crippen molar-refractivity contribution in [1.29, 1.82) is 0 Å². The van der Waals surface area contributed by atoms with Gasteiger partial charge in [0.15, 0.2) is 23.4 Å². The standard InChI is InChI=1S/C25H20BrN3O5/c1-15(25(31)32)34-22-19(26)12-16(13-21(22)33-2)14-27-29-23(17-8-4-3-5-9-17)28-20-11-7-6-10-18(20)24(29)30/h3-15H,1-2H3,(H,31,32)/t15-/m1/s1. The van der Waals surface area contributed by atoms with Crippen LogP contribution in [0.5, 0.6) is 11.5 Å². The van der Waals surface area contributed by atoms with Gasteiger partial charge < -0.3 is 14.6 Å². The van der Waals surface area contributed by atoms with Gasteiger partial charge in [-0.3, -0.25) is 4.79 Å². The van der Waals surface area contributed by atoms with Gasteiger partial charge in [0.2, 0.25) is 0 Å². The summed E-state index contributed by atoms with van der Waals surface area (Å²) in [5.41, 5.74) is 1.61. The summed E-state index contributed by atoms with van der Waals surface area (Å²) in [6, 6.07) is 19.8. The second-order valence-electron chi connectivity index (χ2n) is 7.31. The van der Waals surface area contributed by atoms with E-state index in [0.717, 1.165) is 5.56 Å². The van der Waals surface area contributed by atoms with Crippen LogP contribution in [0.25, 0.3) is 22.3 Å². The first kappa shape index (κ1) is 23.2. The number of carboxylic acid groups (broad SMARTS) is 1. The quantitative estimate of drug-likeness (QED) is 0.357. The Balaban J connectivity index is 1.81. The van der Waals surface area contributed by atoms with Gasteiger partial charge in [-0.1, -0.05) is 42.5 Å². The number of aliphatic carboxylic acids is 1. The maximum Gasteiger partial charge on any atom is 0.344 e. The van der Waals surface area contributed by atoms with E-state index in [1.165, 1.54) is 24.9 Å². The number of fused-ring (bicyclic) bond motifs is 1. The zero-order chi connectivity index (χ0) is 24.2. The van der Waals surface area contributed by atoms with Gasteiger partial charge in [-0.25, -0.2) is 9.78 Å². The predicted molar refractivity (Wildman–Crippen MR) is 133 cm³/mol. The maximum absolute atomic E-state index is 13.3. The van der Waals surface area contributed by atoms with Gasteiger partial charge in [0, 0.05) is 5.56 Å². The highest BCUT2D eigenvalue weighted by Gasteiger charge is 2.19. The largest absolute Gasteiger partial charge is 0.493 e. The molecule has 0 amide bonds. The lowest BCUT2D eigenvalue weighted by Crippen LogP contribution is -2.23. The van der Waals surface area contributed by atoms with Gasteiger partial charge in [-0.15, -0.1) is 0 Å². The molecular weight excluding hydrogens is 502 g/mol. The Morgan fingerprint density at radius 2 is 1.85 bits per heavy atom. The van der Waals surface area contributed by atoms with E-state index < -0.39 is 12.1 Å². The molecule has 0 saturated carbocycles. The number of hydrogen-bond donors (Lipinski definition) is 1.